The molecule has 1 aliphatic carbocycles. The summed E-state index contributed by atoms with van der Waals surface area (Å²) in [7, 11) is 1.67. The zero-order valence-corrected chi connectivity index (χ0v) is 18.8. The predicted molar refractivity (Wildman–Crippen MR) is 118 cm³/mol. The van der Waals surface area contributed by atoms with Gasteiger partial charge in [0, 0.05) is 24.5 Å². The van der Waals surface area contributed by atoms with Gasteiger partial charge in [-0.3, -0.25) is 14.4 Å². The fourth-order valence-electron chi connectivity index (χ4n) is 4.42. The van der Waals surface area contributed by atoms with Crippen LogP contribution in [0.3, 0.4) is 0 Å². The highest BCUT2D eigenvalue weighted by atomic mass is 19.1. The zero-order chi connectivity index (χ0) is 22.9. The van der Waals surface area contributed by atoms with Crippen LogP contribution >= 0.6 is 0 Å². The standard InChI is InChI=1S/C24H30FN3O3/c1-13-8-6-7-9-19(13)27-24(31)22(29)21-15(3)20(16(4)28(21)5)23(30)26-17-10-11-18(25)14(2)12-17/h10-13,19H,6-9H2,1-5H3,(H,26,30)(H,27,31)/t13-,19-/m1/s1. The number of carbonyl (C=O) groups excluding carboxylic acids is 3. The number of anilines is 1. The molecule has 6 nitrogen and oxygen atoms in total. The van der Waals surface area contributed by atoms with Crippen LogP contribution in [0.4, 0.5) is 10.1 Å². The summed E-state index contributed by atoms with van der Waals surface area (Å²) < 4.78 is 15.1. The molecule has 166 valence electrons. The molecule has 2 atom stereocenters. The lowest BCUT2D eigenvalue weighted by molar-refractivity contribution is -0.118. The smallest absolute Gasteiger partial charge is 0.294 e. The first-order valence-electron chi connectivity index (χ1n) is 10.7. The van der Waals surface area contributed by atoms with Crippen LogP contribution in [0.25, 0.3) is 0 Å². The lowest BCUT2D eigenvalue weighted by atomic mass is 9.86. The molecule has 1 aromatic heterocycles. The molecule has 0 bridgehead atoms. The molecule has 0 spiro atoms. The number of halogens is 1. The molecule has 0 saturated heterocycles. The van der Waals surface area contributed by atoms with E-state index in [0.29, 0.717) is 34.0 Å². The second-order valence-electron chi connectivity index (χ2n) is 8.58. The van der Waals surface area contributed by atoms with Crippen molar-refractivity contribution in [1.82, 2.24) is 9.88 Å². The summed E-state index contributed by atoms with van der Waals surface area (Å²) in [5, 5.41) is 5.65. The Morgan fingerprint density at radius 2 is 1.77 bits per heavy atom. The van der Waals surface area contributed by atoms with Crippen molar-refractivity contribution in [2.24, 2.45) is 13.0 Å². The third-order valence-electron chi connectivity index (χ3n) is 6.42. The Bertz CT molecular complexity index is 1040. The third kappa shape index (κ3) is 4.55. The van der Waals surface area contributed by atoms with Crippen molar-refractivity contribution in [2.45, 2.75) is 59.4 Å². The number of hydrogen-bond donors (Lipinski definition) is 2. The number of nitrogens with zero attached hydrogens (tertiary/aromatic N) is 1. The third-order valence-corrected chi connectivity index (χ3v) is 6.42. The molecular weight excluding hydrogens is 397 g/mol. The second kappa shape index (κ2) is 9.04. The van der Waals surface area contributed by atoms with Crippen molar-refractivity contribution in [3.63, 3.8) is 0 Å². The molecule has 31 heavy (non-hydrogen) atoms. The van der Waals surface area contributed by atoms with Gasteiger partial charge in [0.05, 0.1) is 11.3 Å². The van der Waals surface area contributed by atoms with Crippen LogP contribution in [0.2, 0.25) is 0 Å². The van der Waals surface area contributed by atoms with Crippen molar-refractivity contribution >= 4 is 23.3 Å². The van der Waals surface area contributed by atoms with Gasteiger partial charge in [0.15, 0.2) is 0 Å². The van der Waals surface area contributed by atoms with Gasteiger partial charge in [-0.1, -0.05) is 19.8 Å². The van der Waals surface area contributed by atoms with E-state index >= 15 is 0 Å². The van der Waals surface area contributed by atoms with Crippen LogP contribution in [0, 0.1) is 32.5 Å². The molecule has 2 N–H and O–H groups in total. The summed E-state index contributed by atoms with van der Waals surface area (Å²) in [5.41, 5.74) is 2.46. The number of Topliss-reactive ketones (excluding diaryl/α,β-unsaturated/α-hetero) is 1. The number of aryl methyl sites for hydroxylation is 1. The highest BCUT2D eigenvalue weighted by molar-refractivity contribution is 6.43. The molecule has 0 aliphatic heterocycles. The van der Waals surface area contributed by atoms with Gasteiger partial charge in [-0.2, -0.15) is 0 Å². The number of nitrogens with one attached hydrogen (secondary N) is 2. The molecule has 1 aliphatic rings. The minimum atomic E-state index is -0.641. The van der Waals surface area contributed by atoms with Crippen molar-refractivity contribution in [3.05, 3.63) is 52.1 Å². The van der Waals surface area contributed by atoms with Gasteiger partial charge in [0.25, 0.3) is 17.6 Å². The van der Waals surface area contributed by atoms with E-state index in [2.05, 4.69) is 17.6 Å². The predicted octanol–water partition coefficient (Wildman–Crippen LogP) is 4.22. The Hall–Kier alpha value is -2.96. The van der Waals surface area contributed by atoms with Gasteiger partial charge >= 0.3 is 0 Å². The first-order valence-corrected chi connectivity index (χ1v) is 10.7. The highest BCUT2D eigenvalue weighted by Crippen LogP contribution is 2.26. The number of hydrogen-bond acceptors (Lipinski definition) is 3. The molecule has 7 heteroatoms. The van der Waals surface area contributed by atoms with Crippen LogP contribution in [0.15, 0.2) is 18.2 Å². The normalized spacial score (nSPS) is 18.5. The van der Waals surface area contributed by atoms with Crippen molar-refractivity contribution in [2.75, 3.05) is 5.32 Å². The Morgan fingerprint density at radius 3 is 2.42 bits per heavy atom. The monoisotopic (exact) mass is 427 g/mol. The summed E-state index contributed by atoms with van der Waals surface area (Å²) in [4.78, 5) is 38.6. The Balaban J connectivity index is 1.83. The maximum atomic E-state index is 13.5. The number of ketones is 1. The van der Waals surface area contributed by atoms with E-state index in [1.165, 1.54) is 12.1 Å². The van der Waals surface area contributed by atoms with Gasteiger partial charge in [-0.15, -0.1) is 0 Å². The zero-order valence-electron chi connectivity index (χ0n) is 18.8. The van der Waals surface area contributed by atoms with E-state index in [4.69, 9.17) is 0 Å². The number of rotatable bonds is 5. The summed E-state index contributed by atoms with van der Waals surface area (Å²) in [6.07, 6.45) is 4.09. The van der Waals surface area contributed by atoms with Crippen LogP contribution < -0.4 is 10.6 Å². The molecule has 3 rings (SSSR count). The maximum absolute atomic E-state index is 13.5. The van der Waals surface area contributed by atoms with Crippen LogP contribution in [0.5, 0.6) is 0 Å². The maximum Gasteiger partial charge on any atom is 0.294 e. The molecule has 2 amide bonds. The van der Waals surface area contributed by atoms with Gasteiger partial charge < -0.3 is 15.2 Å². The highest BCUT2D eigenvalue weighted by Gasteiger charge is 2.31. The molecule has 1 aromatic carbocycles. The Labute approximate surface area is 182 Å². The minimum absolute atomic E-state index is 0.00337. The van der Waals surface area contributed by atoms with Crippen molar-refractivity contribution in [3.8, 4) is 0 Å². The van der Waals surface area contributed by atoms with E-state index in [1.54, 1.807) is 38.5 Å². The van der Waals surface area contributed by atoms with E-state index in [-0.39, 0.29) is 17.6 Å². The van der Waals surface area contributed by atoms with E-state index in [1.807, 2.05) is 0 Å². The van der Waals surface area contributed by atoms with Crippen LogP contribution in [-0.4, -0.2) is 28.2 Å². The molecular formula is C24H30FN3O3. The minimum Gasteiger partial charge on any atom is -0.346 e. The molecule has 1 saturated carbocycles. The summed E-state index contributed by atoms with van der Waals surface area (Å²) >= 11 is 0. The topological polar surface area (TPSA) is 80.2 Å². The van der Waals surface area contributed by atoms with Gasteiger partial charge in [-0.05, 0) is 68.9 Å². The molecule has 2 aromatic rings. The Morgan fingerprint density at radius 1 is 1.10 bits per heavy atom. The second-order valence-corrected chi connectivity index (χ2v) is 8.58. The summed E-state index contributed by atoms with van der Waals surface area (Å²) in [5.74, 6) is -1.70. The largest absolute Gasteiger partial charge is 0.346 e. The first-order chi connectivity index (χ1) is 14.6. The average molecular weight is 428 g/mol. The van der Waals surface area contributed by atoms with Crippen molar-refractivity contribution < 1.29 is 18.8 Å². The fourth-order valence-corrected chi connectivity index (χ4v) is 4.42. The van der Waals surface area contributed by atoms with Crippen LogP contribution in [0.1, 0.15) is 70.3 Å². The quantitative estimate of drug-likeness (QED) is 0.554. The van der Waals surface area contributed by atoms with Crippen LogP contribution in [-0.2, 0) is 11.8 Å². The molecule has 0 unspecified atom stereocenters. The molecule has 1 fully saturated rings. The lowest BCUT2D eigenvalue weighted by Crippen LogP contribution is -2.44. The average Bonchev–Trinajstić information content (AvgIpc) is 2.94. The Kier molecular flexibility index (Phi) is 6.62. The summed E-state index contributed by atoms with van der Waals surface area (Å²) in [6.45, 7) is 7.11. The summed E-state index contributed by atoms with van der Waals surface area (Å²) in [6, 6.07) is 4.32. The molecule has 0 radical (unpaired) electrons. The van der Waals surface area contributed by atoms with E-state index in [0.717, 1.165) is 25.7 Å². The SMILES string of the molecule is Cc1cc(NC(=O)c2c(C)c(C(=O)C(=O)N[C@@H]3CCCC[C@H]3C)n(C)c2C)ccc1F. The number of aromatic nitrogens is 1. The number of amides is 2. The number of benzene rings is 1. The van der Waals surface area contributed by atoms with Gasteiger partial charge in [0.1, 0.15) is 5.82 Å². The van der Waals surface area contributed by atoms with E-state index in [9.17, 15) is 18.8 Å². The number of carbonyl (C=O) groups is 3. The van der Waals surface area contributed by atoms with E-state index < -0.39 is 17.6 Å². The van der Waals surface area contributed by atoms with Gasteiger partial charge in [-0.25, -0.2) is 4.39 Å². The van der Waals surface area contributed by atoms with Crippen molar-refractivity contribution in [1.29, 1.82) is 0 Å². The fraction of sp³-hybridized carbons (Fsp3) is 0.458. The lowest BCUT2D eigenvalue weighted by Gasteiger charge is -2.29. The first kappa shape index (κ1) is 22.7. The molecule has 1 heterocycles. The van der Waals surface area contributed by atoms with Gasteiger partial charge in [0.2, 0.25) is 0 Å².